The third-order valence-corrected chi connectivity index (χ3v) is 4.07. The first kappa shape index (κ1) is 11.8. The highest BCUT2D eigenvalue weighted by molar-refractivity contribution is 9.18. The second-order valence-electron chi connectivity index (χ2n) is 2.90. The van der Waals surface area contributed by atoms with Gasteiger partial charge in [0, 0.05) is 0 Å². The fourth-order valence-corrected chi connectivity index (χ4v) is 2.80. The Morgan fingerprint density at radius 3 is 2.57 bits per heavy atom. The molecule has 0 heterocycles. The Kier molecular flexibility index (Phi) is 5.26. The minimum absolute atomic E-state index is 0.468. The minimum Gasteiger partial charge on any atom is -0.245 e. The van der Waals surface area contributed by atoms with Crippen LogP contribution >= 0.6 is 27.7 Å². The first-order valence-electron chi connectivity index (χ1n) is 4.59. The summed E-state index contributed by atoms with van der Waals surface area (Å²) in [5.41, 5.74) is 1.01. The average molecular weight is 272 g/mol. The van der Waals surface area contributed by atoms with Crippen LogP contribution in [0.15, 0.2) is 35.3 Å². The van der Waals surface area contributed by atoms with Crippen LogP contribution in [-0.2, 0) is 0 Å². The van der Waals surface area contributed by atoms with Crippen LogP contribution in [0.1, 0.15) is 13.3 Å². The molecule has 1 unspecified atom stereocenters. The van der Waals surface area contributed by atoms with Crippen molar-refractivity contribution in [2.24, 2.45) is 4.99 Å². The van der Waals surface area contributed by atoms with Crippen molar-refractivity contribution in [2.45, 2.75) is 18.6 Å². The number of hydrogen-bond donors (Lipinski definition) is 0. The predicted molar refractivity (Wildman–Crippen MR) is 70.1 cm³/mol. The molecule has 0 aromatic heterocycles. The number of thioether (sulfide) groups is 1. The van der Waals surface area contributed by atoms with Crippen molar-refractivity contribution in [3.05, 3.63) is 30.3 Å². The lowest BCUT2D eigenvalue weighted by molar-refractivity contribution is 1.02. The molecule has 0 N–H and O–H groups in total. The molecule has 1 rings (SSSR count). The lowest BCUT2D eigenvalue weighted by Gasteiger charge is -2.09. The third kappa shape index (κ3) is 3.46. The second kappa shape index (κ2) is 6.25. The normalized spacial score (nSPS) is 14.1. The highest BCUT2D eigenvalue weighted by Gasteiger charge is 2.08. The first-order valence-corrected chi connectivity index (χ1v) is 6.68. The molecule has 1 aromatic carbocycles. The van der Waals surface area contributed by atoms with Crippen LogP contribution in [0.25, 0.3) is 0 Å². The molecule has 0 spiro atoms. The number of rotatable bonds is 4. The molecule has 1 aromatic rings. The van der Waals surface area contributed by atoms with E-state index in [0.29, 0.717) is 5.25 Å². The van der Waals surface area contributed by atoms with Gasteiger partial charge in [0.1, 0.15) is 0 Å². The Morgan fingerprint density at radius 1 is 1.43 bits per heavy atom. The van der Waals surface area contributed by atoms with Crippen molar-refractivity contribution < 1.29 is 0 Å². The summed E-state index contributed by atoms with van der Waals surface area (Å²) in [5, 5.41) is 0.468. The highest BCUT2D eigenvalue weighted by Crippen LogP contribution is 2.20. The molecule has 0 aliphatic carbocycles. The summed E-state index contributed by atoms with van der Waals surface area (Å²) in [6, 6.07) is 10.0. The standard InChI is InChI=1S/C11H14BrNS/c1-3-10(14-2)11(12)13-9-7-5-4-6-8-9/h4-8,10H,3H2,1-2H3. The van der Waals surface area contributed by atoms with Crippen molar-refractivity contribution in [1.29, 1.82) is 0 Å². The Balaban J connectivity index is 2.77. The molecule has 0 fully saturated rings. The maximum atomic E-state index is 4.51. The van der Waals surface area contributed by atoms with Gasteiger partial charge in [-0.15, -0.1) is 0 Å². The smallest absolute Gasteiger partial charge is 0.0965 e. The number of para-hydroxylation sites is 1. The zero-order chi connectivity index (χ0) is 10.4. The summed E-state index contributed by atoms with van der Waals surface area (Å²) in [7, 11) is 0. The average Bonchev–Trinajstić information content (AvgIpc) is 2.21. The summed E-state index contributed by atoms with van der Waals surface area (Å²) in [6.07, 6.45) is 3.20. The van der Waals surface area contributed by atoms with Crippen LogP contribution < -0.4 is 0 Å². The van der Waals surface area contributed by atoms with Crippen LogP contribution in [0.5, 0.6) is 0 Å². The quantitative estimate of drug-likeness (QED) is 0.746. The van der Waals surface area contributed by atoms with Crippen molar-refractivity contribution in [3.8, 4) is 0 Å². The lowest BCUT2D eigenvalue weighted by atomic mass is 10.3. The predicted octanol–water partition coefficient (Wildman–Crippen LogP) is 4.25. The molecule has 3 heteroatoms. The molecule has 0 amide bonds. The van der Waals surface area contributed by atoms with E-state index in [2.05, 4.69) is 34.1 Å². The van der Waals surface area contributed by atoms with Gasteiger partial charge in [0.05, 0.1) is 15.6 Å². The Hall–Kier alpha value is -0.280. The lowest BCUT2D eigenvalue weighted by Crippen LogP contribution is -2.08. The molecule has 0 radical (unpaired) electrons. The molecule has 0 aliphatic heterocycles. The third-order valence-electron chi connectivity index (χ3n) is 1.91. The van der Waals surface area contributed by atoms with Gasteiger partial charge in [-0.2, -0.15) is 11.8 Å². The molecule has 14 heavy (non-hydrogen) atoms. The van der Waals surface area contributed by atoms with Crippen molar-refractivity contribution >= 4 is 38.0 Å². The van der Waals surface area contributed by atoms with E-state index < -0.39 is 0 Å². The maximum absolute atomic E-state index is 4.51. The fourth-order valence-electron chi connectivity index (χ4n) is 1.13. The van der Waals surface area contributed by atoms with E-state index in [0.717, 1.165) is 16.7 Å². The molecular weight excluding hydrogens is 258 g/mol. The van der Waals surface area contributed by atoms with E-state index in [-0.39, 0.29) is 0 Å². The number of nitrogens with zero attached hydrogens (tertiary/aromatic N) is 1. The summed E-state index contributed by atoms with van der Waals surface area (Å²) in [5.74, 6) is 0. The monoisotopic (exact) mass is 271 g/mol. The fraction of sp³-hybridized carbons (Fsp3) is 0.364. The van der Waals surface area contributed by atoms with E-state index in [9.17, 15) is 0 Å². The van der Waals surface area contributed by atoms with Gasteiger partial charge >= 0.3 is 0 Å². The molecule has 1 nitrogen and oxygen atoms in total. The van der Waals surface area contributed by atoms with Crippen LogP contribution in [0.4, 0.5) is 5.69 Å². The molecule has 76 valence electrons. The van der Waals surface area contributed by atoms with Gasteiger partial charge in [-0.3, -0.25) is 0 Å². The van der Waals surface area contributed by atoms with E-state index in [1.54, 1.807) is 0 Å². The largest absolute Gasteiger partial charge is 0.245 e. The summed E-state index contributed by atoms with van der Waals surface area (Å²) in [4.78, 5) is 4.51. The number of halogens is 1. The summed E-state index contributed by atoms with van der Waals surface area (Å²) in [6.45, 7) is 2.17. The van der Waals surface area contributed by atoms with E-state index in [1.165, 1.54) is 0 Å². The van der Waals surface area contributed by atoms with Crippen LogP contribution in [0.3, 0.4) is 0 Å². The van der Waals surface area contributed by atoms with Crippen LogP contribution in [0, 0.1) is 0 Å². The van der Waals surface area contributed by atoms with Gasteiger partial charge in [-0.1, -0.05) is 25.1 Å². The molecule has 1 atom stereocenters. The van der Waals surface area contributed by atoms with Gasteiger partial charge < -0.3 is 0 Å². The summed E-state index contributed by atoms with van der Waals surface area (Å²) >= 11 is 5.35. The molecule has 0 saturated heterocycles. The van der Waals surface area contributed by atoms with Crippen LogP contribution in [-0.4, -0.2) is 16.1 Å². The topological polar surface area (TPSA) is 12.4 Å². The van der Waals surface area contributed by atoms with Gasteiger partial charge in [-0.25, -0.2) is 4.99 Å². The zero-order valence-corrected chi connectivity index (χ0v) is 10.8. The van der Waals surface area contributed by atoms with E-state index in [4.69, 9.17) is 0 Å². The van der Waals surface area contributed by atoms with Crippen molar-refractivity contribution in [1.82, 2.24) is 0 Å². The van der Waals surface area contributed by atoms with Gasteiger partial charge in [-0.05, 0) is 40.7 Å². The van der Waals surface area contributed by atoms with Crippen molar-refractivity contribution in [3.63, 3.8) is 0 Å². The highest BCUT2D eigenvalue weighted by atomic mass is 79.9. The zero-order valence-electron chi connectivity index (χ0n) is 8.40. The van der Waals surface area contributed by atoms with Gasteiger partial charge in [0.2, 0.25) is 0 Å². The van der Waals surface area contributed by atoms with E-state index in [1.807, 2.05) is 42.1 Å². The first-order chi connectivity index (χ1) is 6.77. The Labute approximate surface area is 98.1 Å². The minimum atomic E-state index is 0.468. The second-order valence-corrected chi connectivity index (χ2v) is 4.76. The number of aliphatic imine (C=N–C) groups is 1. The van der Waals surface area contributed by atoms with E-state index >= 15 is 0 Å². The SMILES string of the molecule is CCC(SC)C(Br)=Nc1ccccc1. The molecule has 0 saturated carbocycles. The molecule has 0 aliphatic rings. The van der Waals surface area contributed by atoms with Crippen molar-refractivity contribution in [2.75, 3.05) is 6.26 Å². The maximum Gasteiger partial charge on any atom is 0.0965 e. The Morgan fingerprint density at radius 2 is 2.07 bits per heavy atom. The Bertz CT molecular complexity index is 293. The number of hydrogen-bond acceptors (Lipinski definition) is 2. The van der Waals surface area contributed by atoms with Gasteiger partial charge in [0.15, 0.2) is 0 Å². The summed E-state index contributed by atoms with van der Waals surface area (Å²) < 4.78 is 1.03. The molecule has 0 bridgehead atoms. The number of benzene rings is 1. The van der Waals surface area contributed by atoms with Crippen LogP contribution in [0.2, 0.25) is 0 Å². The van der Waals surface area contributed by atoms with Gasteiger partial charge in [0.25, 0.3) is 0 Å². The molecular formula is C11H14BrNS.